The zero-order valence-electron chi connectivity index (χ0n) is 16.5. The van der Waals surface area contributed by atoms with Gasteiger partial charge in [0.1, 0.15) is 12.4 Å². The number of allylic oxidation sites excluding steroid dienone is 1. The number of quaternary nitrogens is 1. The van der Waals surface area contributed by atoms with Crippen LogP contribution in [-0.2, 0) is 11.3 Å². The maximum atomic E-state index is 11.8. The van der Waals surface area contributed by atoms with Crippen molar-refractivity contribution in [1.82, 2.24) is 20.2 Å². The largest absolute Gasteiger partial charge is 0.489 e. The summed E-state index contributed by atoms with van der Waals surface area (Å²) in [4.78, 5) is 11.8. The Bertz CT molecular complexity index is 1090. The quantitative estimate of drug-likeness (QED) is 0.386. The maximum absolute atomic E-state index is 11.8. The van der Waals surface area contributed by atoms with Crippen LogP contribution in [0.25, 0.3) is 5.69 Å². The van der Waals surface area contributed by atoms with Gasteiger partial charge in [0.2, 0.25) is 0 Å². The Morgan fingerprint density at radius 1 is 1.31 bits per heavy atom. The van der Waals surface area contributed by atoms with Gasteiger partial charge in [-0.2, -0.15) is 4.68 Å². The van der Waals surface area contributed by atoms with Crippen molar-refractivity contribution in [2.24, 2.45) is 0 Å². The van der Waals surface area contributed by atoms with Gasteiger partial charge in [0, 0.05) is 11.1 Å². The molecule has 0 atom stereocenters. The van der Waals surface area contributed by atoms with Crippen LogP contribution in [0, 0.1) is 12.3 Å². The van der Waals surface area contributed by atoms with E-state index >= 15 is 0 Å². The van der Waals surface area contributed by atoms with Gasteiger partial charge >= 0.3 is 5.69 Å². The van der Waals surface area contributed by atoms with Crippen LogP contribution in [-0.4, -0.2) is 40.1 Å². The van der Waals surface area contributed by atoms with Crippen molar-refractivity contribution >= 4 is 5.71 Å². The topological polar surface area (TPSA) is 122 Å². The van der Waals surface area contributed by atoms with E-state index in [4.69, 9.17) is 14.9 Å². The van der Waals surface area contributed by atoms with Gasteiger partial charge in [-0.1, -0.05) is 18.2 Å². The lowest BCUT2D eigenvalue weighted by Crippen LogP contribution is -2.77. The molecule has 0 radical (unpaired) electrons. The molecule has 0 saturated heterocycles. The van der Waals surface area contributed by atoms with E-state index in [0.29, 0.717) is 23.0 Å². The molecule has 0 amide bonds. The van der Waals surface area contributed by atoms with E-state index in [2.05, 4.69) is 15.5 Å². The van der Waals surface area contributed by atoms with Crippen molar-refractivity contribution < 1.29 is 14.8 Å². The van der Waals surface area contributed by atoms with E-state index in [1.807, 2.05) is 50.4 Å². The highest BCUT2D eigenvalue weighted by molar-refractivity contribution is 6.06. The molecule has 0 aliphatic rings. The highest BCUT2D eigenvalue weighted by Crippen LogP contribution is 2.22. The van der Waals surface area contributed by atoms with Gasteiger partial charge in [-0.25, -0.2) is 9.89 Å². The lowest BCUT2D eigenvalue weighted by Gasteiger charge is -2.13. The number of nitrogens with zero attached hydrogens (tertiary/aromatic N) is 3. The van der Waals surface area contributed by atoms with Crippen molar-refractivity contribution in [3.05, 3.63) is 81.6 Å². The Kier molecular flexibility index (Phi) is 6.20. The third-order valence-corrected chi connectivity index (χ3v) is 4.37. The summed E-state index contributed by atoms with van der Waals surface area (Å²) in [5.41, 5.74) is 3.01. The number of aryl methyl sites for hydroxylation is 1. The molecule has 150 valence electrons. The second-order valence-corrected chi connectivity index (χ2v) is 6.27. The minimum Gasteiger partial charge on any atom is -0.489 e. The monoisotopic (exact) mass is 395 g/mol. The van der Waals surface area contributed by atoms with Gasteiger partial charge in [0.25, 0.3) is 5.88 Å². The molecule has 1 heterocycles. The second kappa shape index (κ2) is 8.98. The molecule has 9 nitrogen and oxygen atoms in total. The van der Waals surface area contributed by atoms with Gasteiger partial charge < -0.3 is 9.47 Å². The summed E-state index contributed by atoms with van der Waals surface area (Å²) >= 11 is 0. The number of aromatic nitrogens is 4. The van der Waals surface area contributed by atoms with Crippen LogP contribution in [0.3, 0.4) is 0 Å². The van der Waals surface area contributed by atoms with Crippen LogP contribution < -0.4 is 15.7 Å². The van der Waals surface area contributed by atoms with E-state index in [9.17, 15) is 4.79 Å². The van der Waals surface area contributed by atoms with Gasteiger partial charge in [-0.15, -0.1) is 0 Å². The molecule has 3 rings (SSSR count). The van der Waals surface area contributed by atoms with Crippen LogP contribution in [0.2, 0.25) is 0 Å². The third kappa shape index (κ3) is 4.58. The lowest BCUT2D eigenvalue weighted by molar-refractivity contribution is -0.603. The normalized spacial score (nSPS) is 11.3. The van der Waals surface area contributed by atoms with Crippen molar-refractivity contribution in [3.8, 4) is 11.4 Å². The molecule has 29 heavy (non-hydrogen) atoms. The molecule has 0 saturated carbocycles. The fourth-order valence-electron chi connectivity index (χ4n) is 2.82. The molecule has 0 bridgehead atoms. The highest BCUT2D eigenvalue weighted by Gasteiger charge is 2.11. The first-order valence-corrected chi connectivity index (χ1v) is 8.99. The number of ether oxygens (including phenoxy) is 2. The third-order valence-electron chi connectivity index (χ3n) is 4.37. The van der Waals surface area contributed by atoms with Gasteiger partial charge in [-0.3, -0.25) is 10.7 Å². The standard InChI is InChI=1S/C20H22N6O3/c1-13-10-14(16(21)11-19(22-2)28-3)8-9-18(13)29-12-15-6-4-5-7-17(15)26-20(27)23-24-25-26/h4-11,21-22H,12H2,1-3H3,(H,23,25,27)/p+1/b19-11+,21-16?. The number of nitrogens with two attached hydrogens (primary N) is 1. The number of methoxy groups -OCH3 is 1. The Morgan fingerprint density at radius 2 is 2.10 bits per heavy atom. The number of hydrogen-bond donors (Lipinski definition) is 3. The summed E-state index contributed by atoms with van der Waals surface area (Å²) in [7, 11) is 3.43. The van der Waals surface area contributed by atoms with Crippen molar-refractivity contribution in [1.29, 1.82) is 5.41 Å². The Hall–Kier alpha value is -3.72. The summed E-state index contributed by atoms with van der Waals surface area (Å²) in [6, 6.07) is 12.9. The number of aromatic amines is 1. The SMILES string of the molecule is C[NH2+]/C(=C\C(=N)c1ccc(OCc2ccccc2-n2nn[nH]c2=O)c(C)c1)OC. The predicted molar refractivity (Wildman–Crippen MR) is 107 cm³/mol. The van der Waals surface area contributed by atoms with Crippen LogP contribution in [0.1, 0.15) is 16.7 Å². The number of tetrazole rings is 1. The van der Waals surface area contributed by atoms with Crippen molar-refractivity contribution in [3.63, 3.8) is 0 Å². The summed E-state index contributed by atoms with van der Waals surface area (Å²) in [6.07, 6.45) is 1.67. The van der Waals surface area contributed by atoms with Gasteiger partial charge in [0.15, 0.2) is 0 Å². The molecule has 1 aromatic heterocycles. The molecule has 4 N–H and O–H groups in total. The summed E-state index contributed by atoms with van der Waals surface area (Å²) < 4.78 is 12.4. The van der Waals surface area contributed by atoms with E-state index in [1.54, 1.807) is 24.6 Å². The highest BCUT2D eigenvalue weighted by atomic mass is 16.5. The van der Waals surface area contributed by atoms with Gasteiger partial charge in [-0.05, 0) is 47.2 Å². The van der Waals surface area contributed by atoms with Crippen LogP contribution in [0.4, 0.5) is 0 Å². The molecule has 3 aromatic rings. The van der Waals surface area contributed by atoms with E-state index in [0.717, 1.165) is 16.7 Å². The van der Waals surface area contributed by atoms with E-state index in [1.165, 1.54) is 4.68 Å². The lowest BCUT2D eigenvalue weighted by atomic mass is 10.1. The minimum absolute atomic E-state index is 0.256. The first kappa shape index (κ1) is 20.0. The van der Waals surface area contributed by atoms with Gasteiger partial charge in [0.05, 0.1) is 31.6 Å². The number of benzene rings is 2. The first-order valence-electron chi connectivity index (χ1n) is 8.99. The number of H-pyrrole nitrogens is 1. The Morgan fingerprint density at radius 3 is 2.76 bits per heavy atom. The zero-order valence-corrected chi connectivity index (χ0v) is 16.5. The molecular weight excluding hydrogens is 372 g/mol. The zero-order chi connectivity index (χ0) is 20.8. The Balaban J connectivity index is 1.78. The van der Waals surface area contributed by atoms with E-state index < -0.39 is 5.69 Å². The average molecular weight is 395 g/mol. The molecule has 0 aliphatic heterocycles. The number of rotatable bonds is 8. The Labute approximate surface area is 167 Å². The average Bonchev–Trinajstić information content (AvgIpc) is 3.16. The van der Waals surface area contributed by atoms with Crippen molar-refractivity contribution in [2.45, 2.75) is 13.5 Å². The van der Waals surface area contributed by atoms with Crippen LogP contribution in [0.15, 0.2) is 59.2 Å². The minimum atomic E-state index is -0.413. The fraction of sp³-hybridized carbons (Fsp3) is 0.200. The predicted octanol–water partition coefficient (Wildman–Crippen LogP) is 0.892. The number of hydrogen-bond acceptors (Lipinski definition) is 6. The maximum Gasteiger partial charge on any atom is 0.365 e. The molecule has 9 heteroatoms. The smallest absolute Gasteiger partial charge is 0.365 e. The molecule has 0 unspecified atom stereocenters. The fourth-order valence-corrected chi connectivity index (χ4v) is 2.82. The number of para-hydroxylation sites is 1. The number of nitrogens with one attached hydrogen (secondary N) is 2. The summed E-state index contributed by atoms with van der Waals surface area (Å²) in [5, 5.41) is 19.6. The second-order valence-electron chi connectivity index (χ2n) is 6.27. The molecule has 0 spiro atoms. The first-order chi connectivity index (χ1) is 14.0. The summed E-state index contributed by atoms with van der Waals surface area (Å²) in [5.74, 6) is 1.33. The molecule has 0 fully saturated rings. The molecule has 2 aromatic carbocycles. The summed E-state index contributed by atoms with van der Waals surface area (Å²) in [6.45, 7) is 2.18. The molecule has 0 aliphatic carbocycles. The van der Waals surface area contributed by atoms with Crippen LogP contribution >= 0.6 is 0 Å². The van der Waals surface area contributed by atoms with Crippen LogP contribution in [0.5, 0.6) is 5.75 Å². The van der Waals surface area contributed by atoms with Crippen molar-refractivity contribution in [2.75, 3.05) is 14.2 Å². The molecular formula is C20H23N6O3+. The van der Waals surface area contributed by atoms with E-state index in [-0.39, 0.29) is 6.61 Å².